The fourth-order valence-electron chi connectivity index (χ4n) is 3.10. The first-order chi connectivity index (χ1) is 14.7. The van der Waals surface area contributed by atoms with Gasteiger partial charge in [-0.1, -0.05) is 36.4 Å². The van der Waals surface area contributed by atoms with Gasteiger partial charge in [-0.25, -0.2) is 4.79 Å². The summed E-state index contributed by atoms with van der Waals surface area (Å²) in [5, 5.41) is 2.85. The molecule has 178 valence electrons. The molecular formula is C25H38N2O5. The zero-order chi connectivity index (χ0) is 24.5. The average molecular weight is 447 g/mol. The van der Waals surface area contributed by atoms with E-state index in [1.807, 2.05) is 30.3 Å². The number of hydrogen-bond donors (Lipinski definition) is 1. The van der Waals surface area contributed by atoms with Crippen molar-refractivity contribution in [1.82, 2.24) is 10.2 Å². The zero-order valence-electron chi connectivity index (χ0n) is 20.4. The van der Waals surface area contributed by atoms with Gasteiger partial charge in [0.2, 0.25) is 5.91 Å². The molecule has 32 heavy (non-hydrogen) atoms. The first kappa shape index (κ1) is 27.2. The van der Waals surface area contributed by atoms with E-state index < -0.39 is 35.2 Å². The maximum Gasteiger partial charge on any atom is 0.408 e. The van der Waals surface area contributed by atoms with Crippen molar-refractivity contribution < 1.29 is 23.9 Å². The first-order valence-corrected chi connectivity index (χ1v) is 10.8. The molecule has 0 saturated carbocycles. The molecule has 0 aliphatic rings. The Balaban J connectivity index is 2.96. The molecular weight excluding hydrogens is 408 g/mol. The lowest BCUT2D eigenvalue weighted by molar-refractivity contribution is -0.158. The Kier molecular flexibility index (Phi) is 9.94. The Morgan fingerprint density at radius 3 is 2.09 bits per heavy atom. The number of alkyl carbamates (subject to hydrolysis) is 1. The molecule has 0 radical (unpaired) electrons. The highest BCUT2D eigenvalue weighted by atomic mass is 16.6. The van der Waals surface area contributed by atoms with Crippen molar-refractivity contribution in [3.05, 3.63) is 48.6 Å². The number of carbonyl (C=O) groups is 3. The van der Waals surface area contributed by atoms with E-state index in [0.29, 0.717) is 6.42 Å². The van der Waals surface area contributed by atoms with Crippen molar-refractivity contribution >= 4 is 18.0 Å². The number of benzene rings is 1. The summed E-state index contributed by atoms with van der Waals surface area (Å²) < 4.78 is 10.8. The van der Waals surface area contributed by atoms with Gasteiger partial charge in [-0.15, -0.1) is 6.58 Å². The highest BCUT2D eigenvalue weighted by Crippen LogP contribution is 2.20. The quantitative estimate of drug-likeness (QED) is 0.441. The topological polar surface area (TPSA) is 84.9 Å². The van der Waals surface area contributed by atoms with Gasteiger partial charge in [0, 0.05) is 13.6 Å². The molecule has 0 bridgehead atoms. The van der Waals surface area contributed by atoms with Crippen molar-refractivity contribution in [3.8, 4) is 0 Å². The van der Waals surface area contributed by atoms with Crippen molar-refractivity contribution in [2.24, 2.45) is 5.92 Å². The smallest absolute Gasteiger partial charge is 0.408 e. The van der Waals surface area contributed by atoms with Crippen LogP contribution in [0.4, 0.5) is 4.79 Å². The van der Waals surface area contributed by atoms with Crippen LogP contribution in [-0.4, -0.2) is 47.7 Å². The number of amides is 2. The lowest BCUT2D eigenvalue weighted by atomic mass is 9.98. The Morgan fingerprint density at radius 1 is 1.03 bits per heavy atom. The zero-order valence-corrected chi connectivity index (χ0v) is 20.4. The summed E-state index contributed by atoms with van der Waals surface area (Å²) >= 11 is 0. The second-order valence-electron chi connectivity index (χ2n) is 9.84. The highest BCUT2D eigenvalue weighted by Gasteiger charge is 2.29. The van der Waals surface area contributed by atoms with E-state index in [1.165, 1.54) is 4.90 Å². The molecule has 0 aromatic heterocycles. The molecule has 7 heteroatoms. The highest BCUT2D eigenvalue weighted by molar-refractivity contribution is 5.84. The predicted molar refractivity (Wildman–Crippen MR) is 125 cm³/mol. The third-order valence-corrected chi connectivity index (χ3v) is 4.36. The Labute approximate surface area is 192 Å². The van der Waals surface area contributed by atoms with Crippen LogP contribution < -0.4 is 5.32 Å². The molecule has 1 aromatic rings. The molecule has 0 spiro atoms. The third kappa shape index (κ3) is 10.5. The van der Waals surface area contributed by atoms with E-state index in [4.69, 9.17) is 9.47 Å². The van der Waals surface area contributed by atoms with Crippen LogP contribution in [-0.2, 0) is 19.1 Å². The van der Waals surface area contributed by atoms with Crippen LogP contribution in [0, 0.1) is 5.92 Å². The van der Waals surface area contributed by atoms with E-state index in [0.717, 1.165) is 5.56 Å². The summed E-state index contributed by atoms with van der Waals surface area (Å²) in [4.78, 5) is 39.4. The fourth-order valence-corrected chi connectivity index (χ4v) is 3.10. The Morgan fingerprint density at radius 2 is 1.59 bits per heavy atom. The molecule has 2 unspecified atom stereocenters. The normalized spacial score (nSPS) is 13.5. The van der Waals surface area contributed by atoms with Crippen molar-refractivity contribution in [2.75, 3.05) is 13.6 Å². The fraction of sp³-hybridized carbons (Fsp3) is 0.560. The summed E-state index contributed by atoms with van der Waals surface area (Å²) in [5.74, 6) is -1.24. The van der Waals surface area contributed by atoms with Gasteiger partial charge in [0.05, 0.1) is 18.4 Å². The Hall–Kier alpha value is -2.83. The second-order valence-corrected chi connectivity index (χ2v) is 9.84. The molecule has 2 atom stereocenters. The number of rotatable bonds is 9. The van der Waals surface area contributed by atoms with Crippen LogP contribution >= 0.6 is 0 Å². The van der Waals surface area contributed by atoms with Crippen LogP contribution in [0.2, 0.25) is 0 Å². The van der Waals surface area contributed by atoms with Gasteiger partial charge in [0.15, 0.2) is 0 Å². The van der Waals surface area contributed by atoms with E-state index in [2.05, 4.69) is 11.9 Å². The minimum atomic E-state index is -0.643. The largest absolute Gasteiger partial charge is 0.460 e. The molecule has 0 saturated heterocycles. The molecule has 0 aliphatic carbocycles. The number of carbonyl (C=O) groups excluding carboxylic acids is 3. The van der Waals surface area contributed by atoms with E-state index in [-0.39, 0.29) is 18.9 Å². The number of likely N-dealkylation sites (N-methyl/N-ethyl adjacent to an activating group) is 1. The van der Waals surface area contributed by atoms with Gasteiger partial charge in [-0.2, -0.15) is 0 Å². The number of hydrogen-bond acceptors (Lipinski definition) is 5. The van der Waals surface area contributed by atoms with Crippen molar-refractivity contribution in [3.63, 3.8) is 0 Å². The average Bonchev–Trinajstić information content (AvgIpc) is 2.64. The van der Waals surface area contributed by atoms with Crippen molar-refractivity contribution in [1.29, 1.82) is 0 Å². The van der Waals surface area contributed by atoms with E-state index >= 15 is 0 Å². The molecule has 1 rings (SSSR count). The number of esters is 1. The third-order valence-electron chi connectivity index (χ3n) is 4.36. The molecule has 2 amide bonds. The van der Waals surface area contributed by atoms with Gasteiger partial charge < -0.3 is 19.7 Å². The van der Waals surface area contributed by atoms with E-state index in [1.54, 1.807) is 54.7 Å². The first-order valence-electron chi connectivity index (χ1n) is 10.8. The van der Waals surface area contributed by atoms with Crippen molar-refractivity contribution in [2.45, 2.75) is 71.6 Å². The number of nitrogens with zero attached hydrogens (tertiary/aromatic N) is 1. The standard InChI is InChI=1S/C25H38N2O5/c1-9-13-19(16-21(28)31-24(2,3)4)22(29)27(8)17-20(18-14-11-10-12-15-18)26-23(30)32-25(5,6)7/h9-12,14-15,19-20H,1,13,16-17H2,2-8H3,(H,26,30). The minimum absolute atomic E-state index is 0.0397. The van der Waals surface area contributed by atoms with Crippen LogP contribution in [0.1, 0.15) is 66.0 Å². The van der Waals surface area contributed by atoms with Crippen LogP contribution in [0.5, 0.6) is 0 Å². The SMILES string of the molecule is C=CCC(CC(=O)OC(C)(C)C)C(=O)N(C)CC(NC(=O)OC(C)(C)C)c1ccccc1. The molecule has 1 N–H and O–H groups in total. The summed E-state index contributed by atoms with van der Waals surface area (Å²) in [5.41, 5.74) is -0.429. The lowest BCUT2D eigenvalue weighted by Gasteiger charge is -2.29. The summed E-state index contributed by atoms with van der Waals surface area (Å²) in [7, 11) is 1.65. The molecule has 1 aromatic carbocycles. The van der Waals surface area contributed by atoms with Crippen LogP contribution in [0.15, 0.2) is 43.0 Å². The van der Waals surface area contributed by atoms with Gasteiger partial charge >= 0.3 is 12.1 Å². The molecule has 7 nitrogen and oxygen atoms in total. The molecule has 0 fully saturated rings. The van der Waals surface area contributed by atoms with Gasteiger partial charge in [-0.05, 0) is 53.5 Å². The second kappa shape index (κ2) is 11.7. The van der Waals surface area contributed by atoms with Gasteiger partial charge in [-0.3, -0.25) is 9.59 Å². The number of nitrogens with one attached hydrogen (secondary N) is 1. The summed E-state index contributed by atoms with van der Waals surface area (Å²) in [6, 6.07) is 8.88. The van der Waals surface area contributed by atoms with Crippen LogP contribution in [0.25, 0.3) is 0 Å². The summed E-state index contributed by atoms with van der Waals surface area (Å²) in [6.07, 6.45) is 1.36. The number of allylic oxidation sites excluding steroid dienone is 1. The maximum absolute atomic E-state index is 13.1. The predicted octanol–water partition coefficient (Wildman–Crippen LogP) is 4.63. The monoisotopic (exact) mass is 446 g/mol. The minimum Gasteiger partial charge on any atom is -0.460 e. The van der Waals surface area contributed by atoms with E-state index in [9.17, 15) is 14.4 Å². The summed E-state index contributed by atoms with van der Waals surface area (Å²) in [6.45, 7) is 14.6. The maximum atomic E-state index is 13.1. The lowest BCUT2D eigenvalue weighted by Crippen LogP contribution is -2.43. The molecule has 0 aliphatic heterocycles. The van der Waals surface area contributed by atoms with Gasteiger partial charge in [0.1, 0.15) is 11.2 Å². The number of ether oxygens (including phenoxy) is 2. The van der Waals surface area contributed by atoms with Crippen LogP contribution in [0.3, 0.4) is 0 Å². The molecule has 0 heterocycles. The van der Waals surface area contributed by atoms with Gasteiger partial charge in [0.25, 0.3) is 0 Å². The Bertz CT molecular complexity index is 778.